The van der Waals surface area contributed by atoms with Gasteiger partial charge in [-0.15, -0.1) is 11.3 Å². The first kappa shape index (κ1) is 16.2. The van der Waals surface area contributed by atoms with Gasteiger partial charge in [0.15, 0.2) is 11.5 Å². The Kier molecular flexibility index (Phi) is 4.57. The maximum absolute atomic E-state index is 10.0. The van der Waals surface area contributed by atoms with Gasteiger partial charge in [-0.05, 0) is 23.6 Å². The van der Waals surface area contributed by atoms with Gasteiger partial charge < -0.3 is 19.9 Å². The molecule has 6 heteroatoms. The summed E-state index contributed by atoms with van der Waals surface area (Å²) in [7, 11) is 0. The minimum absolute atomic E-state index is 0.118. The molecule has 1 unspecified atom stereocenters. The molecule has 124 valence electrons. The molecule has 0 fully saturated rings. The van der Waals surface area contributed by atoms with Gasteiger partial charge in [-0.1, -0.05) is 20.8 Å². The van der Waals surface area contributed by atoms with E-state index in [-0.39, 0.29) is 18.3 Å². The summed E-state index contributed by atoms with van der Waals surface area (Å²) in [5, 5.41) is 16.3. The SMILES string of the molecule is CC(C)(C)C(O)CNCc1csc(-c2ccc3c(c2)OCO3)n1. The van der Waals surface area contributed by atoms with Crippen molar-refractivity contribution < 1.29 is 14.6 Å². The largest absolute Gasteiger partial charge is 0.454 e. The number of nitrogens with zero attached hydrogens (tertiary/aromatic N) is 1. The summed E-state index contributed by atoms with van der Waals surface area (Å²) >= 11 is 1.60. The standard InChI is InChI=1S/C17H22N2O3S/c1-17(2,3)15(20)8-18-7-12-9-23-16(19-12)11-4-5-13-14(6-11)22-10-21-13/h4-6,9,15,18,20H,7-8,10H2,1-3H3. The van der Waals surface area contributed by atoms with E-state index in [1.54, 1.807) is 11.3 Å². The minimum Gasteiger partial charge on any atom is -0.454 e. The zero-order chi connectivity index (χ0) is 16.4. The van der Waals surface area contributed by atoms with Crippen LogP contribution in [0.15, 0.2) is 23.6 Å². The van der Waals surface area contributed by atoms with E-state index in [1.165, 1.54) is 0 Å². The van der Waals surface area contributed by atoms with Crippen molar-refractivity contribution in [3.8, 4) is 22.1 Å². The number of aromatic nitrogens is 1. The van der Waals surface area contributed by atoms with Crippen LogP contribution < -0.4 is 14.8 Å². The lowest BCUT2D eigenvalue weighted by Crippen LogP contribution is -2.36. The first-order valence-electron chi connectivity index (χ1n) is 7.67. The molecule has 2 heterocycles. The smallest absolute Gasteiger partial charge is 0.231 e. The maximum Gasteiger partial charge on any atom is 0.231 e. The van der Waals surface area contributed by atoms with E-state index in [4.69, 9.17) is 9.47 Å². The van der Waals surface area contributed by atoms with Gasteiger partial charge in [0.25, 0.3) is 0 Å². The van der Waals surface area contributed by atoms with Gasteiger partial charge in [-0.3, -0.25) is 0 Å². The third-order valence-corrected chi connectivity index (χ3v) is 4.75. The van der Waals surface area contributed by atoms with Gasteiger partial charge in [0.05, 0.1) is 11.8 Å². The van der Waals surface area contributed by atoms with Crippen molar-refractivity contribution >= 4 is 11.3 Å². The number of rotatable bonds is 5. The Bertz CT molecular complexity index is 679. The summed E-state index contributed by atoms with van der Waals surface area (Å²) in [6.07, 6.45) is -0.380. The molecule has 1 aromatic heterocycles. The number of aliphatic hydroxyl groups excluding tert-OH is 1. The summed E-state index contributed by atoms with van der Waals surface area (Å²) in [6.45, 7) is 7.57. The lowest BCUT2D eigenvalue weighted by Gasteiger charge is -2.25. The fourth-order valence-corrected chi connectivity index (χ4v) is 3.01. The van der Waals surface area contributed by atoms with Crippen LogP contribution in [-0.2, 0) is 6.54 Å². The lowest BCUT2D eigenvalue weighted by atomic mass is 9.89. The van der Waals surface area contributed by atoms with Crippen molar-refractivity contribution in [2.75, 3.05) is 13.3 Å². The van der Waals surface area contributed by atoms with Crippen LogP contribution in [0.4, 0.5) is 0 Å². The average molecular weight is 334 g/mol. The van der Waals surface area contributed by atoms with E-state index in [2.05, 4.69) is 10.3 Å². The zero-order valence-corrected chi connectivity index (χ0v) is 14.4. The summed E-state index contributed by atoms with van der Waals surface area (Å²) < 4.78 is 10.7. The molecule has 1 aromatic carbocycles. The number of hydrogen-bond acceptors (Lipinski definition) is 6. The Morgan fingerprint density at radius 2 is 2.09 bits per heavy atom. The molecule has 1 atom stereocenters. The van der Waals surface area contributed by atoms with Gasteiger partial charge in [0.1, 0.15) is 5.01 Å². The van der Waals surface area contributed by atoms with Crippen molar-refractivity contribution in [1.29, 1.82) is 0 Å². The Morgan fingerprint density at radius 3 is 2.87 bits per heavy atom. The van der Waals surface area contributed by atoms with Crippen LogP contribution in [0.1, 0.15) is 26.5 Å². The van der Waals surface area contributed by atoms with Crippen LogP contribution in [0.5, 0.6) is 11.5 Å². The van der Waals surface area contributed by atoms with Crippen molar-refractivity contribution in [2.45, 2.75) is 33.4 Å². The fourth-order valence-electron chi connectivity index (χ4n) is 2.19. The van der Waals surface area contributed by atoms with Gasteiger partial charge in [-0.25, -0.2) is 4.98 Å². The molecule has 1 aliphatic rings. The van der Waals surface area contributed by atoms with Crippen molar-refractivity contribution in [3.05, 3.63) is 29.3 Å². The molecular weight excluding hydrogens is 312 g/mol. The van der Waals surface area contributed by atoms with Gasteiger partial charge in [0.2, 0.25) is 6.79 Å². The molecule has 0 saturated carbocycles. The zero-order valence-electron chi connectivity index (χ0n) is 13.6. The van der Waals surface area contributed by atoms with Crippen LogP contribution in [-0.4, -0.2) is 29.5 Å². The highest BCUT2D eigenvalue weighted by atomic mass is 32.1. The summed E-state index contributed by atoms with van der Waals surface area (Å²) in [4.78, 5) is 4.64. The first-order valence-corrected chi connectivity index (χ1v) is 8.54. The second-order valence-electron chi connectivity index (χ2n) is 6.72. The molecular formula is C17H22N2O3S. The molecule has 0 radical (unpaired) electrons. The second-order valence-corrected chi connectivity index (χ2v) is 7.58. The molecule has 5 nitrogen and oxygen atoms in total. The molecule has 0 saturated heterocycles. The molecule has 2 N–H and O–H groups in total. The number of hydrogen-bond donors (Lipinski definition) is 2. The molecule has 2 aromatic rings. The highest BCUT2D eigenvalue weighted by molar-refractivity contribution is 7.13. The first-order chi connectivity index (χ1) is 10.9. The molecule has 23 heavy (non-hydrogen) atoms. The molecule has 0 bridgehead atoms. The van der Waals surface area contributed by atoms with Crippen LogP contribution in [0.25, 0.3) is 10.6 Å². The number of ether oxygens (including phenoxy) is 2. The van der Waals surface area contributed by atoms with Gasteiger partial charge in [-0.2, -0.15) is 0 Å². The van der Waals surface area contributed by atoms with Crippen LogP contribution >= 0.6 is 11.3 Å². The highest BCUT2D eigenvalue weighted by Gasteiger charge is 2.21. The second kappa shape index (κ2) is 6.47. The molecule has 3 rings (SSSR count). The van der Waals surface area contributed by atoms with Crippen LogP contribution in [0.2, 0.25) is 0 Å². The predicted molar refractivity (Wildman–Crippen MR) is 90.8 cm³/mol. The monoisotopic (exact) mass is 334 g/mol. The molecule has 0 aliphatic carbocycles. The summed E-state index contributed by atoms with van der Waals surface area (Å²) in [5.41, 5.74) is 1.89. The normalized spacial score (nSPS) is 15.0. The van der Waals surface area contributed by atoms with E-state index in [1.807, 2.05) is 44.4 Å². The lowest BCUT2D eigenvalue weighted by molar-refractivity contribution is 0.0627. The van der Waals surface area contributed by atoms with E-state index in [9.17, 15) is 5.11 Å². The van der Waals surface area contributed by atoms with Gasteiger partial charge >= 0.3 is 0 Å². The number of aliphatic hydroxyl groups is 1. The summed E-state index contributed by atoms with van der Waals surface area (Å²) in [5.74, 6) is 1.55. The number of benzene rings is 1. The van der Waals surface area contributed by atoms with Crippen molar-refractivity contribution in [1.82, 2.24) is 10.3 Å². The molecule has 1 aliphatic heterocycles. The average Bonchev–Trinajstić information content (AvgIpc) is 3.14. The third kappa shape index (κ3) is 3.83. The number of fused-ring (bicyclic) bond motifs is 1. The topological polar surface area (TPSA) is 63.6 Å². The number of nitrogens with one attached hydrogen (secondary N) is 1. The van der Waals surface area contributed by atoms with Crippen molar-refractivity contribution in [3.63, 3.8) is 0 Å². The molecule has 0 spiro atoms. The Hall–Kier alpha value is -1.63. The highest BCUT2D eigenvalue weighted by Crippen LogP contribution is 2.36. The van der Waals surface area contributed by atoms with Crippen LogP contribution in [0.3, 0.4) is 0 Å². The van der Waals surface area contributed by atoms with Crippen molar-refractivity contribution in [2.24, 2.45) is 5.41 Å². The Morgan fingerprint density at radius 1 is 1.30 bits per heavy atom. The van der Waals surface area contributed by atoms with Gasteiger partial charge in [0, 0.05) is 24.0 Å². The third-order valence-electron chi connectivity index (χ3n) is 3.81. The van der Waals surface area contributed by atoms with E-state index in [0.29, 0.717) is 13.1 Å². The quantitative estimate of drug-likeness (QED) is 0.880. The minimum atomic E-state index is -0.380. The van der Waals surface area contributed by atoms with E-state index >= 15 is 0 Å². The predicted octanol–water partition coefficient (Wildman–Crippen LogP) is 3.04. The Labute approximate surface area is 140 Å². The summed E-state index contributed by atoms with van der Waals surface area (Å²) in [6, 6.07) is 5.87. The maximum atomic E-state index is 10.0. The van der Waals surface area contributed by atoms with Crippen LogP contribution in [0, 0.1) is 5.41 Å². The van der Waals surface area contributed by atoms with E-state index in [0.717, 1.165) is 27.8 Å². The fraction of sp³-hybridized carbons (Fsp3) is 0.471. The van der Waals surface area contributed by atoms with E-state index < -0.39 is 0 Å². The number of thiazole rings is 1. The Balaban J connectivity index is 1.60. The molecule has 0 amide bonds.